The van der Waals surface area contributed by atoms with Crippen LogP contribution in [-0.2, 0) is 10.2 Å². The summed E-state index contributed by atoms with van der Waals surface area (Å²) < 4.78 is 0. The average Bonchev–Trinajstić information content (AvgIpc) is 3.15. The van der Waals surface area contributed by atoms with E-state index in [-0.39, 0.29) is 11.8 Å². The molecule has 1 saturated heterocycles. The molecular formula is C19H27ClN2O4. The number of carbonyl (C=O) groups is 3. The van der Waals surface area contributed by atoms with Crippen LogP contribution in [0.3, 0.4) is 0 Å². The van der Waals surface area contributed by atoms with E-state index in [4.69, 9.17) is 22.4 Å². The van der Waals surface area contributed by atoms with E-state index in [0.29, 0.717) is 29.8 Å². The van der Waals surface area contributed by atoms with Gasteiger partial charge in [0.2, 0.25) is 0 Å². The zero-order valence-corrected chi connectivity index (χ0v) is 16.1. The van der Waals surface area contributed by atoms with Crippen LogP contribution in [0.1, 0.15) is 55.5 Å². The summed E-state index contributed by atoms with van der Waals surface area (Å²) >= 11 is 5.54. The number of urea groups is 1. The fourth-order valence-corrected chi connectivity index (χ4v) is 2.64. The minimum atomic E-state index is -0.947. The number of likely N-dealkylation sites (tertiary alicyclic amines) is 1. The molecule has 3 N–H and O–H groups in total. The van der Waals surface area contributed by atoms with Gasteiger partial charge in [0.25, 0.3) is 0 Å². The summed E-state index contributed by atoms with van der Waals surface area (Å²) in [6.07, 6.45) is 3.31. The van der Waals surface area contributed by atoms with Gasteiger partial charge in [-0.25, -0.2) is 4.79 Å². The van der Waals surface area contributed by atoms with Crippen molar-refractivity contribution in [3.05, 3.63) is 35.4 Å². The van der Waals surface area contributed by atoms with Crippen LogP contribution in [0.2, 0.25) is 0 Å². The number of hydrogen-bond donors (Lipinski definition) is 2. The van der Waals surface area contributed by atoms with Gasteiger partial charge in [-0.05, 0) is 38.7 Å². The van der Waals surface area contributed by atoms with Crippen LogP contribution in [0.5, 0.6) is 0 Å². The van der Waals surface area contributed by atoms with E-state index in [1.165, 1.54) is 0 Å². The van der Waals surface area contributed by atoms with Gasteiger partial charge in [0, 0.05) is 31.0 Å². The number of Topliss-reactive ketones (excluding diaryl/α,β-unsaturated/α-hetero) is 1. The minimum absolute atomic E-state index is 0.0373. The van der Waals surface area contributed by atoms with E-state index in [0.717, 1.165) is 25.9 Å². The van der Waals surface area contributed by atoms with Gasteiger partial charge in [0.05, 0.1) is 5.41 Å². The number of carbonyl (C=O) groups excluding carboxylic acids is 2. The molecule has 0 bridgehead atoms. The molecule has 0 spiro atoms. The molecule has 0 radical (unpaired) electrons. The van der Waals surface area contributed by atoms with Crippen molar-refractivity contribution in [3.63, 3.8) is 0 Å². The molecule has 2 amide bonds. The lowest BCUT2D eigenvalue weighted by atomic mass is 9.84. The highest BCUT2D eigenvalue weighted by atomic mass is 35.5. The first-order valence-corrected chi connectivity index (χ1v) is 9.21. The number of carboxylic acids is 1. The first-order valence-electron chi connectivity index (χ1n) is 8.67. The Bertz CT molecular complexity index is 623. The Hall–Kier alpha value is -2.08. The molecule has 2 rings (SSSR count). The molecule has 0 aliphatic carbocycles. The van der Waals surface area contributed by atoms with Crippen LogP contribution in [0.15, 0.2) is 24.3 Å². The lowest BCUT2D eigenvalue weighted by Gasteiger charge is -2.19. The summed E-state index contributed by atoms with van der Waals surface area (Å²) in [5.74, 6) is -0.380. The summed E-state index contributed by atoms with van der Waals surface area (Å²) in [4.78, 5) is 34.8. The van der Waals surface area contributed by atoms with Crippen molar-refractivity contribution in [1.29, 1.82) is 0 Å². The van der Waals surface area contributed by atoms with Crippen LogP contribution in [0, 0.1) is 0 Å². The predicted molar refractivity (Wildman–Crippen MR) is 102 cm³/mol. The number of aliphatic carboxylic acids is 1. The third-order valence-corrected chi connectivity index (χ3v) is 4.69. The zero-order chi connectivity index (χ0) is 19.7. The summed E-state index contributed by atoms with van der Waals surface area (Å²) in [6.45, 7) is 4.99. The van der Waals surface area contributed by atoms with Crippen LogP contribution in [0.4, 0.5) is 4.79 Å². The molecule has 7 heteroatoms. The van der Waals surface area contributed by atoms with Crippen LogP contribution >= 0.6 is 11.6 Å². The Labute approximate surface area is 159 Å². The maximum atomic E-state index is 11.7. The molecule has 1 aliphatic heterocycles. The van der Waals surface area contributed by atoms with Crippen LogP contribution < -0.4 is 5.73 Å². The van der Waals surface area contributed by atoms with Crippen molar-refractivity contribution in [1.82, 2.24) is 4.90 Å². The first-order chi connectivity index (χ1) is 12.2. The summed E-state index contributed by atoms with van der Waals surface area (Å²) in [5.41, 5.74) is 5.32. The van der Waals surface area contributed by atoms with E-state index in [9.17, 15) is 14.4 Å². The molecule has 0 saturated carbocycles. The largest absolute Gasteiger partial charge is 0.481 e. The summed E-state index contributed by atoms with van der Waals surface area (Å²) in [5, 5.41) is 9.11. The fourth-order valence-electron chi connectivity index (χ4n) is 2.51. The second-order valence-electron chi connectivity index (χ2n) is 6.76. The number of nitrogens with zero attached hydrogens (tertiary/aromatic N) is 1. The molecule has 1 fully saturated rings. The molecule has 0 unspecified atom stereocenters. The molecule has 144 valence electrons. The SMILES string of the molecule is CC(C)(C(=O)O)c1ccc(C(=O)CCCCl)cc1.NC(=O)N1CCCC1. The van der Waals surface area contributed by atoms with Crippen molar-refractivity contribution < 1.29 is 19.5 Å². The number of benzene rings is 1. The maximum absolute atomic E-state index is 11.7. The van der Waals surface area contributed by atoms with E-state index >= 15 is 0 Å². The molecule has 0 atom stereocenters. The zero-order valence-electron chi connectivity index (χ0n) is 15.3. The summed E-state index contributed by atoms with van der Waals surface area (Å²) in [7, 11) is 0. The van der Waals surface area contributed by atoms with Gasteiger partial charge < -0.3 is 15.7 Å². The van der Waals surface area contributed by atoms with E-state index in [2.05, 4.69) is 0 Å². The van der Waals surface area contributed by atoms with Gasteiger partial charge in [-0.2, -0.15) is 0 Å². The molecule has 1 heterocycles. The van der Waals surface area contributed by atoms with Crippen LogP contribution in [0.25, 0.3) is 0 Å². The second kappa shape index (κ2) is 10.2. The van der Waals surface area contributed by atoms with Gasteiger partial charge in [0.15, 0.2) is 5.78 Å². The first kappa shape index (κ1) is 22.0. The smallest absolute Gasteiger partial charge is 0.314 e. The van der Waals surface area contributed by atoms with Crippen molar-refractivity contribution >= 4 is 29.4 Å². The van der Waals surface area contributed by atoms with Crippen molar-refractivity contribution in [2.45, 2.75) is 44.9 Å². The number of alkyl halides is 1. The normalized spacial score (nSPS) is 13.7. The van der Waals surface area contributed by atoms with Crippen molar-refractivity contribution in [2.24, 2.45) is 5.73 Å². The number of hydrogen-bond acceptors (Lipinski definition) is 3. The Morgan fingerprint density at radius 1 is 1.15 bits per heavy atom. The number of nitrogens with two attached hydrogens (primary N) is 1. The molecular weight excluding hydrogens is 356 g/mol. The molecule has 1 aliphatic rings. The van der Waals surface area contributed by atoms with E-state index in [1.54, 1.807) is 43.0 Å². The number of halogens is 1. The molecule has 1 aromatic rings. The Morgan fingerprint density at radius 3 is 2.08 bits per heavy atom. The summed E-state index contributed by atoms with van der Waals surface area (Å²) in [6, 6.07) is 6.47. The number of carboxylic acid groups (broad SMARTS) is 1. The molecule has 1 aromatic carbocycles. The lowest BCUT2D eigenvalue weighted by Crippen LogP contribution is -2.32. The molecule has 26 heavy (non-hydrogen) atoms. The standard InChI is InChI=1S/C14H17ClO3.C5H10N2O/c1-14(2,13(17)18)11-7-5-10(6-8-11)12(16)4-3-9-15;6-5(8)7-3-1-2-4-7/h5-8H,3-4,9H2,1-2H3,(H,17,18);1-4H2,(H2,6,8). The number of primary amides is 1. The van der Waals surface area contributed by atoms with E-state index < -0.39 is 11.4 Å². The predicted octanol–water partition coefficient (Wildman–Crippen LogP) is 3.41. The molecule has 6 nitrogen and oxygen atoms in total. The Morgan fingerprint density at radius 2 is 1.69 bits per heavy atom. The van der Waals surface area contributed by atoms with Crippen molar-refractivity contribution in [3.8, 4) is 0 Å². The Kier molecular flexibility index (Phi) is 8.58. The third kappa shape index (κ3) is 6.33. The topological polar surface area (TPSA) is 101 Å². The highest BCUT2D eigenvalue weighted by Crippen LogP contribution is 2.24. The third-order valence-electron chi connectivity index (χ3n) is 4.42. The van der Waals surface area contributed by atoms with Crippen LogP contribution in [-0.4, -0.2) is 46.8 Å². The van der Waals surface area contributed by atoms with Gasteiger partial charge in [-0.15, -0.1) is 11.6 Å². The average molecular weight is 383 g/mol. The fraction of sp³-hybridized carbons (Fsp3) is 0.526. The number of rotatable bonds is 6. The molecule has 0 aromatic heterocycles. The van der Waals surface area contributed by atoms with Gasteiger partial charge in [-0.1, -0.05) is 24.3 Å². The lowest BCUT2D eigenvalue weighted by molar-refractivity contribution is -0.142. The number of ketones is 1. The van der Waals surface area contributed by atoms with Gasteiger partial charge in [0.1, 0.15) is 0 Å². The van der Waals surface area contributed by atoms with Gasteiger partial charge in [-0.3, -0.25) is 9.59 Å². The maximum Gasteiger partial charge on any atom is 0.314 e. The van der Waals surface area contributed by atoms with Crippen molar-refractivity contribution in [2.75, 3.05) is 19.0 Å². The highest BCUT2D eigenvalue weighted by Gasteiger charge is 2.29. The van der Waals surface area contributed by atoms with Gasteiger partial charge >= 0.3 is 12.0 Å². The Balaban J connectivity index is 0.000000350. The number of amides is 2. The monoisotopic (exact) mass is 382 g/mol. The van der Waals surface area contributed by atoms with E-state index in [1.807, 2.05) is 0 Å². The minimum Gasteiger partial charge on any atom is -0.481 e. The quantitative estimate of drug-likeness (QED) is 0.581. The second-order valence-corrected chi connectivity index (χ2v) is 7.13. The highest BCUT2D eigenvalue weighted by molar-refractivity contribution is 6.18.